The Morgan fingerprint density at radius 1 is 0.889 bits per heavy atom. The number of aromatic hydroxyl groups is 1. The van der Waals surface area contributed by atoms with Gasteiger partial charge in [-0.25, -0.2) is 0 Å². The van der Waals surface area contributed by atoms with Crippen LogP contribution in [0.4, 0.5) is 5.69 Å². The molecule has 0 aliphatic rings. The molecule has 0 aromatic heterocycles. The number of hydrogen-bond donors (Lipinski definition) is 1. The van der Waals surface area contributed by atoms with Gasteiger partial charge in [-0.1, -0.05) is 31.2 Å². The van der Waals surface area contributed by atoms with Crippen molar-refractivity contribution in [2.24, 2.45) is 0 Å². The number of hydrogen-bond acceptors (Lipinski definition) is 2. The fourth-order valence-electron chi connectivity index (χ4n) is 1.95. The molecule has 0 atom stereocenters. The summed E-state index contributed by atoms with van der Waals surface area (Å²) in [6.07, 6.45) is 1.07. The molecule has 0 saturated carbocycles. The van der Waals surface area contributed by atoms with Gasteiger partial charge in [0.2, 0.25) is 0 Å². The number of phenols is 1. The number of aryl methyl sites for hydroxylation is 1. The van der Waals surface area contributed by atoms with Gasteiger partial charge < -0.3 is 10.0 Å². The van der Waals surface area contributed by atoms with Crippen molar-refractivity contribution in [3.05, 3.63) is 59.7 Å². The Morgan fingerprint density at radius 2 is 1.44 bits per heavy atom. The predicted octanol–water partition coefficient (Wildman–Crippen LogP) is 3.59. The SMILES string of the molecule is CCc1ccc(N(C)Cc2ccc(O)cc2)cc1. The van der Waals surface area contributed by atoms with Crippen LogP contribution < -0.4 is 4.90 Å². The third-order valence-electron chi connectivity index (χ3n) is 3.14. The van der Waals surface area contributed by atoms with Crippen LogP contribution in [0.3, 0.4) is 0 Å². The van der Waals surface area contributed by atoms with E-state index in [1.54, 1.807) is 12.1 Å². The molecule has 18 heavy (non-hydrogen) atoms. The number of nitrogens with zero attached hydrogens (tertiary/aromatic N) is 1. The smallest absolute Gasteiger partial charge is 0.115 e. The van der Waals surface area contributed by atoms with E-state index >= 15 is 0 Å². The lowest BCUT2D eigenvalue weighted by Crippen LogP contribution is -2.16. The highest BCUT2D eigenvalue weighted by molar-refractivity contribution is 5.47. The van der Waals surface area contributed by atoms with E-state index in [2.05, 4.69) is 43.1 Å². The van der Waals surface area contributed by atoms with Crippen molar-refractivity contribution >= 4 is 5.69 Å². The van der Waals surface area contributed by atoms with Gasteiger partial charge in [0.25, 0.3) is 0 Å². The molecule has 0 fully saturated rings. The highest BCUT2D eigenvalue weighted by atomic mass is 16.3. The van der Waals surface area contributed by atoms with Crippen molar-refractivity contribution in [3.8, 4) is 5.75 Å². The number of phenolic OH excluding ortho intramolecular Hbond substituents is 1. The largest absolute Gasteiger partial charge is 0.508 e. The lowest BCUT2D eigenvalue weighted by molar-refractivity contribution is 0.475. The van der Waals surface area contributed by atoms with Gasteiger partial charge in [-0.2, -0.15) is 0 Å². The fraction of sp³-hybridized carbons (Fsp3) is 0.250. The quantitative estimate of drug-likeness (QED) is 0.884. The van der Waals surface area contributed by atoms with Gasteiger partial charge in [-0.3, -0.25) is 0 Å². The molecule has 94 valence electrons. The zero-order valence-electron chi connectivity index (χ0n) is 10.9. The summed E-state index contributed by atoms with van der Waals surface area (Å²) in [5, 5.41) is 9.25. The minimum Gasteiger partial charge on any atom is -0.508 e. The monoisotopic (exact) mass is 241 g/mol. The fourth-order valence-corrected chi connectivity index (χ4v) is 1.95. The topological polar surface area (TPSA) is 23.5 Å². The Labute approximate surface area is 109 Å². The summed E-state index contributed by atoms with van der Waals surface area (Å²) in [6.45, 7) is 3.00. The van der Waals surface area contributed by atoms with Crippen molar-refractivity contribution in [2.75, 3.05) is 11.9 Å². The van der Waals surface area contributed by atoms with Crippen LogP contribution >= 0.6 is 0 Å². The van der Waals surface area contributed by atoms with Crippen LogP contribution in [-0.2, 0) is 13.0 Å². The molecule has 0 saturated heterocycles. The molecule has 0 spiro atoms. The van der Waals surface area contributed by atoms with E-state index in [1.807, 2.05) is 12.1 Å². The zero-order valence-corrected chi connectivity index (χ0v) is 10.9. The van der Waals surface area contributed by atoms with Crippen molar-refractivity contribution < 1.29 is 5.11 Å². The first-order chi connectivity index (χ1) is 8.69. The molecule has 2 aromatic carbocycles. The van der Waals surface area contributed by atoms with E-state index in [0.29, 0.717) is 5.75 Å². The van der Waals surface area contributed by atoms with Crippen molar-refractivity contribution in [3.63, 3.8) is 0 Å². The summed E-state index contributed by atoms with van der Waals surface area (Å²) >= 11 is 0. The zero-order chi connectivity index (χ0) is 13.0. The third-order valence-corrected chi connectivity index (χ3v) is 3.14. The average molecular weight is 241 g/mol. The van der Waals surface area contributed by atoms with E-state index in [9.17, 15) is 5.11 Å². The van der Waals surface area contributed by atoms with Gasteiger partial charge in [0.05, 0.1) is 0 Å². The van der Waals surface area contributed by atoms with Gasteiger partial charge >= 0.3 is 0 Å². The Bertz CT molecular complexity index is 488. The second-order valence-electron chi connectivity index (χ2n) is 4.54. The van der Waals surface area contributed by atoms with Gasteiger partial charge in [0, 0.05) is 19.3 Å². The highest BCUT2D eigenvalue weighted by Gasteiger charge is 2.02. The first kappa shape index (κ1) is 12.5. The van der Waals surface area contributed by atoms with E-state index in [0.717, 1.165) is 13.0 Å². The summed E-state index contributed by atoms with van der Waals surface area (Å²) in [6, 6.07) is 16.0. The lowest BCUT2D eigenvalue weighted by atomic mass is 10.1. The Morgan fingerprint density at radius 3 is 2.00 bits per heavy atom. The van der Waals surface area contributed by atoms with E-state index in [4.69, 9.17) is 0 Å². The van der Waals surface area contributed by atoms with Crippen molar-refractivity contribution in [1.29, 1.82) is 0 Å². The molecule has 0 amide bonds. The summed E-state index contributed by atoms with van der Waals surface area (Å²) < 4.78 is 0. The maximum Gasteiger partial charge on any atom is 0.115 e. The average Bonchev–Trinajstić information content (AvgIpc) is 2.41. The van der Waals surface area contributed by atoms with Crippen LogP contribution in [-0.4, -0.2) is 12.2 Å². The molecular formula is C16H19NO. The first-order valence-electron chi connectivity index (χ1n) is 6.27. The molecule has 2 rings (SSSR count). The molecule has 2 nitrogen and oxygen atoms in total. The van der Waals surface area contributed by atoms with Crippen molar-refractivity contribution in [1.82, 2.24) is 0 Å². The molecule has 0 aliphatic carbocycles. The summed E-state index contributed by atoms with van der Waals surface area (Å²) in [4.78, 5) is 2.20. The minimum atomic E-state index is 0.314. The maximum absolute atomic E-state index is 9.25. The van der Waals surface area contributed by atoms with E-state index in [1.165, 1.54) is 16.8 Å². The molecule has 0 unspecified atom stereocenters. The van der Waals surface area contributed by atoms with E-state index in [-0.39, 0.29) is 0 Å². The number of rotatable bonds is 4. The van der Waals surface area contributed by atoms with Gasteiger partial charge in [0.15, 0.2) is 0 Å². The first-order valence-corrected chi connectivity index (χ1v) is 6.27. The number of anilines is 1. The van der Waals surface area contributed by atoms with Crippen LogP contribution in [0.2, 0.25) is 0 Å². The van der Waals surface area contributed by atoms with Crippen LogP contribution in [0.25, 0.3) is 0 Å². The van der Waals surface area contributed by atoms with Crippen LogP contribution in [0.5, 0.6) is 5.75 Å². The summed E-state index contributed by atoms with van der Waals surface area (Å²) in [5.74, 6) is 0.314. The predicted molar refractivity (Wildman–Crippen MR) is 76.0 cm³/mol. The second kappa shape index (κ2) is 5.58. The summed E-state index contributed by atoms with van der Waals surface area (Å²) in [5.41, 5.74) is 3.76. The van der Waals surface area contributed by atoms with Gasteiger partial charge in [0.1, 0.15) is 5.75 Å². The third kappa shape index (κ3) is 3.04. The second-order valence-corrected chi connectivity index (χ2v) is 4.54. The van der Waals surface area contributed by atoms with Crippen LogP contribution in [0.15, 0.2) is 48.5 Å². The van der Waals surface area contributed by atoms with Gasteiger partial charge in [-0.15, -0.1) is 0 Å². The molecule has 0 bridgehead atoms. The molecule has 0 aliphatic heterocycles. The highest BCUT2D eigenvalue weighted by Crippen LogP contribution is 2.18. The Hall–Kier alpha value is -1.96. The normalized spacial score (nSPS) is 10.3. The molecule has 0 radical (unpaired) electrons. The van der Waals surface area contributed by atoms with Crippen molar-refractivity contribution in [2.45, 2.75) is 19.9 Å². The summed E-state index contributed by atoms with van der Waals surface area (Å²) in [7, 11) is 2.08. The lowest BCUT2D eigenvalue weighted by Gasteiger charge is -2.19. The van der Waals surface area contributed by atoms with Crippen LogP contribution in [0, 0.1) is 0 Å². The Balaban J connectivity index is 2.06. The number of benzene rings is 2. The minimum absolute atomic E-state index is 0.314. The molecular weight excluding hydrogens is 222 g/mol. The van der Waals surface area contributed by atoms with E-state index < -0.39 is 0 Å². The molecule has 2 aromatic rings. The van der Waals surface area contributed by atoms with Crippen LogP contribution in [0.1, 0.15) is 18.1 Å². The Kier molecular flexibility index (Phi) is 3.88. The molecule has 0 heterocycles. The maximum atomic E-state index is 9.25. The molecule has 1 N–H and O–H groups in total. The molecule has 2 heteroatoms. The van der Waals surface area contributed by atoms with Gasteiger partial charge in [-0.05, 0) is 41.8 Å². The standard InChI is InChI=1S/C16H19NO/c1-3-13-4-8-15(9-5-13)17(2)12-14-6-10-16(18)11-7-14/h4-11,18H,3,12H2,1-2H3.